The van der Waals surface area contributed by atoms with Crippen LogP contribution in [0.3, 0.4) is 0 Å². The lowest BCUT2D eigenvalue weighted by Gasteiger charge is -2.17. The molecule has 0 aromatic carbocycles. The highest BCUT2D eigenvalue weighted by Crippen LogP contribution is 2.26. The molecule has 0 amide bonds. The highest BCUT2D eigenvalue weighted by atomic mass is 79.9. The third-order valence-corrected chi connectivity index (χ3v) is 3.38. The smallest absolute Gasteiger partial charge is 0.143 e. The summed E-state index contributed by atoms with van der Waals surface area (Å²) in [7, 11) is 0. The Morgan fingerprint density at radius 2 is 2.38 bits per heavy atom. The first-order valence-corrected chi connectivity index (χ1v) is 6.01. The number of imidazole rings is 1. The van der Waals surface area contributed by atoms with Gasteiger partial charge in [-0.3, -0.25) is 4.98 Å². The molecule has 2 aromatic rings. The molecule has 0 atom stereocenters. The minimum atomic E-state index is 0.869. The lowest BCUT2D eigenvalue weighted by atomic mass is 10.2. The van der Waals surface area contributed by atoms with E-state index in [1.807, 2.05) is 18.3 Å². The molecule has 1 N–H and O–H groups in total. The fourth-order valence-electron chi connectivity index (χ4n) is 1.98. The molecular formula is C11H11BrN4. The van der Waals surface area contributed by atoms with E-state index in [4.69, 9.17) is 0 Å². The van der Waals surface area contributed by atoms with E-state index < -0.39 is 0 Å². The topological polar surface area (TPSA) is 42.7 Å². The van der Waals surface area contributed by atoms with Gasteiger partial charge in [-0.25, -0.2) is 4.98 Å². The summed E-state index contributed by atoms with van der Waals surface area (Å²) in [4.78, 5) is 8.70. The van der Waals surface area contributed by atoms with E-state index in [-0.39, 0.29) is 0 Å². The van der Waals surface area contributed by atoms with E-state index in [1.54, 1.807) is 6.20 Å². The number of rotatable bonds is 1. The van der Waals surface area contributed by atoms with Crippen molar-refractivity contribution in [2.24, 2.45) is 0 Å². The van der Waals surface area contributed by atoms with Gasteiger partial charge in [-0.1, -0.05) is 0 Å². The van der Waals surface area contributed by atoms with Crippen LogP contribution in [0.4, 0.5) is 0 Å². The minimum Gasteiger partial charge on any atom is -0.324 e. The monoisotopic (exact) mass is 278 g/mol. The van der Waals surface area contributed by atoms with Crippen LogP contribution in [-0.4, -0.2) is 21.1 Å². The number of nitrogens with zero attached hydrogens (tertiary/aromatic N) is 3. The maximum Gasteiger partial charge on any atom is 0.143 e. The fraction of sp³-hybridized carbons (Fsp3) is 0.273. The van der Waals surface area contributed by atoms with Crippen molar-refractivity contribution < 1.29 is 0 Å². The van der Waals surface area contributed by atoms with Gasteiger partial charge >= 0.3 is 0 Å². The highest BCUT2D eigenvalue weighted by Gasteiger charge is 2.18. The van der Waals surface area contributed by atoms with Gasteiger partial charge in [0, 0.05) is 37.6 Å². The zero-order valence-corrected chi connectivity index (χ0v) is 10.2. The first-order chi connectivity index (χ1) is 7.86. The van der Waals surface area contributed by atoms with Gasteiger partial charge in [-0.2, -0.15) is 0 Å². The Labute approximate surface area is 102 Å². The molecule has 0 aliphatic carbocycles. The summed E-state index contributed by atoms with van der Waals surface area (Å²) in [6.45, 7) is 2.81. The maximum atomic E-state index is 4.56. The van der Waals surface area contributed by atoms with Crippen molar-refractivity contribution in [3.05, 3.63) is 34.8 Å². The number of halogens is 1. The van der Waals surface area contributed by atoms with E-state index in [0.717, 1.165) is 35.6 Å². The van der Waals surface area contributed by atoms with Crippen LogP contribution in [0, 0.1) is 0 Å². The van der Waals surface area contributed by atoms with Crippen molar-refractivity contribution in [3.8, 4) is 11.4 Å². The van der Waals surface area contributed by atoms with Gasteiger partial charge < -0.3 is 9.88 Å². The molecule has 4 nitrogen and oxygen atoms in total. The molecule has 16 heavy (non-hydrogen) atoms. The Morgan fingerprint density at radius 1 is 1.44 bits per heavy atom. The van der Waals surface area contributed by atoms with Crippen LogP contribution in [0.15, 0.2) is 29.1 Å². The van der Waals surface area contributed by atoms with Crippen LogP contribution in [0.5, 0.6) is 0 Å². The van der Waals surface area contributed by atoms with Crippen LogP contribution in [0.25, 0.3) is 11.4 Å². The first kappa shape index (κ1) is 9.99. The molecule has 0 fully saturated rings. The Kier molecular flexibility index (Phi) is 2.49. The van der Waals surface area contributed by atoms with Crippen LogP contribution in [0.1, 0.15) is 5.69 Å². The van der Waals surface area contributed by atoms with Crippen molar-refractivity contribution in [2.45, 2.75) is 13.1 Å². The summed E-state index contributed by atoms with van der Waals surface area (Å²) in [6, 6.07) is 3.98. The van der Waals surface area contributed by atoms with Crippen molar-refractivity contribution in [2.75, 3.05) is 6.54 Å². The van der Waals surface area contributed by atoms with Crippen LogP contribution < -0.4 is 5.32 Å². The maximum absolute atomic E-state index is 4.56. The number of pyridine rings is 1. The molecule has 0 bridgehead atoms. The Morgan fingerprint density at radius 3 is 3.19 bits per heavy atom. The van der Waals surface area contributed by atoms with Crippen molar-refractivity contribution in [3.63, 3.8) is 0 Å². The molecule has 1 aliphatic rings. The second-order valence-electron chi connectivity index (χ2n) is 3.74. The highest BCUT2D eigenvalue weighted by molar-refractivity contribution is 9.10. The fourth-order valence-corrected chi connectivity index (χ4v) is 2.50. The van der Waals surface area contributed by atoms with Gasteiger partial charge in [-0.05, 0) is 28.1 Å². The van der Waals surface area contributed by atoms with Gasteiger partial charge in [0.1, 0.15) is 10.4 Å². The molecule has 1 aliphatic heterocycles. The lowest BCUT2D eigenvalue weighted by molar-refractivity contribution is 0.518. The summed E-state index contributed by atoms with van der Waals surface area (Å²) in [6.07, 6.45) is 3.63. The lowest BCUT2D eigenvalue weighted by Crippen LogP contribution is -2.28. The van der Waals surface area contributed by atoms with E-state index >= 15 is 0 Å². The zero-order chi connectivity index (χ0) is 11.0. The molecule has 82 valence electrons. The molecule has 3 heterocycles. The summed E-state index contributed by atoms with van der Waals surface area (Å²) in [5.74, 6) is 0.997. The molecule has 0 saturated heterocycles. The molecule has 5 heteroatoms. The average molecular weight is 279 g/mol. The summed E-state index contributed by atoms with van der Waals surface area (Å²) < 4.78 is 3.18. The third kappa shape index (κ3) is 1.56. The van der Waals surface area contributed by atoms with Gasteiger partial charge in [0.2, 0.25) is 0 Å². The molecule has 3 rings (SSSR count). The van der Waals surface area contributed by atoms with E-state index in [1.165, 1.54) is 5.69 Å². The van der Waals surface area contributed by atoms with E-state index in [0.29, 0.717) is 0 Å². The number of nitrogens with one attached hydrogen (secondary N) is 1. The third-order valence-electron chi connectivity index (χ3n) is 2.75. The van der Waals surface area contributed by atoms with Gasteiger partial charge in [-0.15, -0.1) is 0 Å². The predicted octanol–water partition coefficient (Wildman–Crippen LogP) is 1.81. The zero-order valence-electron chi connectivity index (χ0n) is 8.65. The van der Waals surface area contributed by atoms with Crippen molar-refractivity contribution in [1.29, 1.82) is 0 Å². The number of hydrogen-bond acceptors (Lipinski definition) is 3. The Bertz CT molecular complexity index is 506. The first-order valence-electron chi connectivity index (χ1n) is 5.22. The SMILES string of the molecule is Brc1nc(-c2cccnc2)n2c1CNCC2. The molecule has 2 aromatic heterocycles. The number of aromatic nitrogens is 3. The minimum absolute atomic E-state index is 0.869. The molecule has 0 saturated carbocycles. The van der Waals surface area contributed by atoms with E-state index in [9.17, 15) is 0 Å². The largest absolute Gasteiger partial charge is 0.324 e. The Hall–Kier alpha value is -1.20. The second kappa shape index (κ2) is 3.99. The van der Waals surface area contributed by atoms with Crippen LogP contribution in [0.2, 0.25) is 0 Å². The quantitative estimate of drug-likeness (QED) is 0.865. The van der Waals surface area contributed by atoms with E-state index in [2.05, 4.69) is 35.8 Å². The van der Waals surface area contributed by atoms with Crippen molar-refractivity contribution in [1.82, 2.24) is 19.9 Å². The average Bonchev–Trinajstić information content (AvgIpc) is 2.69. The van der Waals surface area contributed by atoms with Gasteiger partial charge in [0.25, 0.3) is 0 Å². The molecule has 0 spiro atoms. The summed E-state index contributed by atoms with van der Waals surface area (Å²) in [5, 5.41) is 3.34. The molecular weight excluding hydrogens is 268 g/mol. The molecule has 0 radical (unpaired) electrons. The number of hydrogen-bond donors (Lipinski definition) is 1. The van der Waals surface area contributed by atoms with Gasteiger partial charge in [0.15, 0.2) is 0 Å². The number of fused-ring (bicyclic) bond motifs is 1. The predicted molar refractivity (Wildman–Crippen MR) is 64.9 cm³/mol. The Balaban J connectivity index is 2.15. The van der Waals surface area contributed by atoms with Gasteiger partial charge in [0.05, 0.1) is 5.69 Å². The normalized spacial score (nSPS) is 14.8. The summed E-state index contributed by atoms with van der Waals surface area (Å²) in [5.41, 5.74) is 2.28. The van der Waals surface area contributed by atoms with Crippen LogP contribution in [-0.2, 0) is 13.1 Å². The summed E-state index contributed by atoms with van der Waals surface area (Å²) >= 11 is 3.51. The molecule has 0 unspecified atom stereocenters. The van der Waals surface area contributed by atoms with Crippen molar-refractivity contribution >= 4 is 15.9 Å². The standard InChI is InChI=1S/C11H11BrN4/c12-10-9-7-14-4-5-16(9)11(15-10)8-2-1-3-13-6-8/h1-3,6,14H,4-5,7H2. The second-order valence-corrected chi connectivity index (χ2v) is 4.49. The van der Waals surface area contributed by atoms with Crippen LogP contribution >= 0.6 is 15.9 Å².